The van der Waals surface area contributed by atoms with Gasteiger partial charge in [0, 0.05) is 63.7 Å². The predicted octanol–water partition coefficient (Wildman–Crippen LogP) is 8.88. The second kappa shape index (κ2) is 22.0. The third-order valence-electron chi connectivity index (χ3n) is 8.69. The van der Waals surface area contributed by atoms with Gasteiger partial charge in [-0.15, -0.1) is 0 Å². The molecule has 0 bridgehead atoms. The summed E-state index contributed by atoms with van der Waals surface area (Å²) >= 11 is 23.6. The molecule has 0 aliphatic carbocycles. The van der Waals surface area contributed by atoms with Crippen molar-refractivity contribution in [2.45, 2.75) is 77.0 Å². The molecule has 4 aromatic rings. The number of carboxylic acid groups (broad SMARTS) is 1. The first-order chi connectivity index (χ1) is 27.5. The van der Waals surface area contributed by atoms with Crippen LogP contribution in [0.25, 0.3) is 0 Å². The fourth-order valence-electron chi connectivity index (χ4n) is 5.92. The summed E-state index contributed by atoms with van der Waals surface area (Å²) in [7, 11) is 0. The maximum absolute atomic E-state index is 12.2. The van der Waals surface area contributed by atoms with Gasteiger partial charge in [0.15, 0.2) is 0 Å². The third kappa shape index (κ3) is 15.0. The van der Waals surface area contributed by atoms with Crippen molar-refractivity contribution in [1.29, 1.82) is 0 Å². The largest absolute Gasteiger partial charge is 0.480 e. The average molecular weight is 871 g/mol. The topological polar surface area (TPSA) is 181 Å². The first-order valence-corrected chi connectivity index (χ1v) is 20.1. The molecular weight excluding hydrogens is 822 g/mol. The normalized spacial score (nSPS) is 13.5. The summed E-state index contributed by atoms with van der Waals surface area (Å²) in [6.07, 6.45) is 2.67. The molecule has 11 nitrogen and oxygen atoms in total. The van der Waals surface area contributed by atoms with Crippen LogP contribution in [0.1, 0.15) is 55.9 Å². The first-order valence-electron chi connectivity index (χ1n) is 18.6. The van der Waals surface area contributed by atoms with Gasteiger partial charge >= 0.3 is 12.1 Å². The number of carbonyl (C=O) groups is 3. The minimum absolute atomic E-state index is 0.156. The molecule has 0 spiro atoms. The zero-order valence-corrected chi connectivity index (χ0v) is 35.6. The Morgan fingerprint density at radius 3 is 1.74 bits per heavy atom. The van der Waals surface area contributed by atoms with Crippen molar-refractivity contribution >= 4 is 87.2 Å². The van der Waals surface area contributed by atoms with Crippen LogP contribution in [-0.4, -0.2) is 65.3 Å². The zero-order chi connectivity index (χ0) is 42.4. The second-order valence-corrected chi connectivity index (χ2v) is 16.3. The lowest BCUT2D eigenvalue weighted by Gasteiger charge is -2.22. The molecule has 4 aromatic carbocycles. The molecule has 0 aromatic heterocycles. The lowest BCUT2D eigenvalue weighted by atomic mass is 10.0. The highest BCUT2D eigenvalue weighted by atomic mass is 35.5. The van der Waals surface area contributed by atoms with Gasteiger partial charge in [0.25, 0.3) is 0 Å². The fraction of sp³-hybridized carbons (Fsp3) is 0.326. The van der Waals surface area contributed by atoms with E-state index >= 15 is 0 Å². The van der Waals surface area contributed by atoms with Crippen molar-refractivity contribution in [2.75, 3.05) is 13.1 Å². The lowest BCUT2D eigenvalue weighted by Crippen LogP contribution is -2.44. The number of alkyl carbamates (subject to hydrolysis) is 1. The number of aliphatic imine (C=N–C) groups is 2. The molecule has 2 amide bonds. The Morgan fingerprint density at radius 1 is 0.776 bits per heavy atom. The number of nitrogens with zero attached hydrogens (tertiary/aromatic N) is 2. The smallest absolute Gasteiger partial charge is 0.408 e. The molecule has 0 saturated heterocycles. The number of amides is 2. The number of hydrogen-bond acceptors (Lipinski definition) is 8. The van der Waals surface area contributed by atoms with Gasteiger partial charge in [-0.05, 0) is 98.8 Å². The summed E-state index contributed by atoms with van der Waals surface area (Å²) in [5.41, 5.74) is 18.5. The Morgan fingerprint density at radius 2 is 1.28 bits per heavy atom. The monoisotopic (exact) mass is 868 g/mol. The van der Waals surface area contributed by atoms with Gasteiger partial charge in [0.1, 0.15) is 11.6 Å². The van der Waals surface area contributed by atoms with Gasteiger partial charge in [-0.2, -0.15) is 0 Å². The van der Waals surface area contributed by atoms with Gasteiger partial charge in [-0.25, -0.2) is 9.59 Å². The van der Waals surface area contributed by atoms with E-state index < -0.39 is 29.7 Å². The van der Waals surface area contributed by atoms with Crippen LogP contribution in [0.3, 0.4) is 0 Å². The number of aliphatic carboxylic acids is 1. The Hall–Kier alpha value is -4.49. The predicted molar refractivity (Wildman–Crippen MR) is 235 cm³/mol. The van der Waals surface area contributed by atoms with Gasteiger partial charge in [0.2, 0.25) is 5.91 Å². The molecule has 7 N–H and O–H groups in total. The van der Waals surface area contributed by atoms with Crippen LogP contribution in [0, 0.1) is 0 Å². The molecule has 2 aliphatic heterocycles. The Balaban J connectivity index is 0.000000206. The highest BCUT2D eigenvalue weighted by Gasteiger charge is 2.27. The van der Waals surface area contributed by atoms with E-state index in [1.165, 1.54) is 5.56 Å². The van der Waals surface area contributed by atoms with E-state index in [0.717, 1.165) is 52.3 Å². The highest BCUT2D eigenvalue weighted by Crippen LogP contribution is 2.29. The Labute approximate surface area is 359 Å². The van der Waals surface area contributed by atoms with Crippen molar-refractivity contribution < 1.29 is 24.2 Å². The van der Waals surface area contributed by atoms with Crippen LogP contribution in [0.4, 0.5) is 16.2 Å². The molecule has 6 rings (SSSR count). The summed E-state index contributed by atoms with van der Waals surface area (Å²) in [4.78, 5) is 44.2. The number of rotatable bonds is 12. The van der Waals surface area contributed by atoms with Gasteiger partial charge < -0.3 is 31.9 Å². The first kappa shape index (κ1) is 46.2. The van der Waals surface area contributed by atoms with Crippen molar-refractivity contribution in [3.8, 4) is 0 Å². The zero-order valence-electron chi connectivity index (χ0n) is 32.5. The number of carboxylic acids is 1. The summed E-state index contributed by atoms with van der Waals surface area (Å²) in [5, 5.41) is 17.1. The molecule has 0 saturated carbocycles. The second-order valence-electron chi connectivity index (χ2n) is 14.6. The number of fused-ring (bicyclic) bond motifs is 2. The number of hydrogen-bond donors (Lipinski definition) is 5. The molecule has 2 atom stereocenters. The van der Waals surface area contributed by atoms with E-state index in [0.29, 0.717) is 52.4 Å². The number of nitrogens with two attached hydrogens (primary N) is 2. The minimum atomic E-state index is -1.11. The maximum Gasteiger partial charge on any atom is 0.408 e. The van der Waals surface area contributed by atoms with Gasteiger partial charge in [-0.3, -0.25) is 14.8 Å². The quantitative estimate of drug-likeness (QED) is 0.0943. The average Bonchev–Trinajstić information content (AvgIpc) is 3.76. The molecule has 0 fully saturated rings. The summed E-state index contributed by atoms with van der Waals surface area (Å²) in [6.45, 7) is 6.25. The number of ether oxygens (including phenoxy) is 1. The van der Waals surface area contributed by atoms with E-state index in [2.05, 4.69) is 20.6 Å². The highest BCUT2D eigenvalue weighted by molar-refractivity contribution is 6.35. The molecule has 308 valence electrons. The number of carbonyl (C=O) groups excluding carboxylic acids is 2. The van der Waals surface area contributed by atoms with Crippen LogP contribution in [-0.2, 0) is 40.0 Å². The van der Waals surface area contributed by atoms with Gasteiger partial charge in [-0.1, -0.05) is 94.9 Å². The van der Waals surface area contributed by atoms with Crippen molar-refractivity contribution in [3.05, 3.63) is 127 Å². The van der Waals surface area contributed by atoms with E-state index in [9.17, 15) is 19.5 Å². The molecular formula is C43H48Cl4N6O5. The van der Waals surface area contributed by atoms with E-state index in [4.69, 9.17) is 62.6 Å². The number of benzene rings is 4. The lowest BCUT2D eigenvalue weighted by molar-refractivity contribution is -0.139. The molecule has 2 aliphatic rings. The van der Waals surface area contributed by atoms with Crippen molar-refractivity contribution in [1.82, 2.24) is 10.6 Å². The van der Waals surface area contributed by atoms with E-state index in [-0.39, 0.29) is 12.3 Å². The van der Waals surface area contributed by atoms with Crippen LogP contribution in [0.15, 0.2) is 94.9 Å². The molecule has 58 heavy (non-hydrogen) atoms. The fourth-order valence-corrected chi connectivity index (χ4v) is 6.93. The number of halogens is 4. The van der Waals surface area contributed by atoms with Crippen molar-refractivity contribution in [3.63, 3.8) is 0 Å². The number of para-hydroxylation sites is 2. The standard InChI is InChI=1S/C19H19Cl2N3O.C16H20N2O4.C8H9Cl2N/c20-14-6-5-12(16(21)10-14)7-8-23-19(25)17(22)11-15-9-13-3-1-2-4-18(13)24-15;1-16(2,3)22-15(21)18-13(14(19)20)9-11-8-10-6-4-5-7-12(10)17-11;9-7-2-1-6(3-4-11)8(10)5-7/h1-6,10,17H,7-9,11,22H2,(H,23,25);4-7,13H,8-9H2,1-3H3,(H,18,21)(H,19,20);1-2,5H,3-4,11H2. The molecule has 0 radical (unpaired) electrons. The van der Waals surface area contributed by atoms with Gasteiger partial charge in [0.05, 0.1) is 17.4 Å². The Kier molecular flexibility index (Phi) is 17.6. The summed E-state index contributed by atoms with van der Waals surface area (Å²) < 4.78 is 5.09. The van der Waals surface area contributed by atoms with Crippen LogP contribution < -0.4 is 22.1 Å². The SMILES string of the molecule is CC(C)(C)OC(=O)NC(CC1=Nc2ccccc2C1)C(=O)O.NC(CC1=Nc2ccccc2C1)C(=O)NCCc1ccc(Cl)cc1Cl.NCCc1ccc(Cl)cc1Cl. The summed E-state index contributed by atoms with van der Waals surface area (Å²) in [6, 6.07) is 24.8. The van der Waals surface area contributed by atoms with Crippen LogP contribution >= 0.6 is 46.4 Å². The minimum Gasteiger partial charge on any atom is -0.480 e. The van der Waals surface area contributed by atoms with E-state index in [1.807, 2.05) is 66.7 Å². The molecule has 2 heterocycles. The number of nitrogens with one attached hydrogen (secondary N) is 2. The maximum atomic E-state index is 12.2. The molecule has 2 unspecified atom stereocenters. The molecule has 15 heteroatoms. The van der Waals surface area contributed by atoms with Crippen LogP contribution in [0.2, 0.25) is 20.1 Å². The third-order valence-corrected chi connectivity index (χ3v) is 9.86. The summed E-state index contributed by atoms with van der Waals surface area (Å²) in [5.74, 6) is -1.28. The van der Waals surface area contributed by atoms with Crippen molar-refractivity contribution in [2.24, 2.45) is 21.5 Å². The van der Waals surface area contributed by atoms with E-state index in [1.54, 1.807) is 39.0 Å². The van der Waals surface area contributed by atoms with Crippen LogP contribution in [0.5, 0.6) is 0 Å². The Bertz CT molecular complexity index is 2140.